The highest BCUT2D eigenvalue weighted by molar-refractivity contribution is 5.66. The van der Waals surface area contributed by atoms with Crippen LogP contribution in [0.25, 0.3) is 0 Å². The van der Waals surface area contributed by atoms with Gasteiger partial charge in [-0.3, -0.25) is 9.59 Å². The summed E-state index contributed by atoms with van der Waals surface area (Å²) in [6.45, 7) is 4.95. The van der Waals surface area contributed by atoms with Crippen molar-refractivity contribution in [3.05, 3.63) is 23.8 Å². The molecule has 0 saturated heterocycles. The Hall–Kier alpha value is -2.24. The Bertz CT molecular complexity index is 613. The first kappa shape index (κ1) is 23.8. The van der Waals surface area contributed by atoms with Crippen molar-refractivity contribution in [1.82, 2.24) is 0 Å². The van der Waals surface area contributed by atoms with E-state index in [4.69, 9.17) is 18.9 Å². The van der Waals surface area contributed by atoms with Gasteiger partial charge in [0.2, 0.25) is 0 Å². The predicted octanol–water partition coefficient (Wildman–Crippen LogP) is 4.47. The third-order valence-electron chi connectivity index (χ3n) is 4.52. The summed E-state index contributed by atoms with van der Waals surface area (Å²) in [7, 11) is 3.20. The molecule has 158 valence electrons. The summed E-state index contributed by atoms with van der Waals surface area (Å²) in [6.07, 6.45) is 5.26. The summed E-state index contributed by atoms with van der Waals surface area (Å²) in [5, 5.41) is 0. The number of rotatable bonds is 13. The van der Waals surface area contributed by atoms with Crippen molar-refractivity contribution < 1.29 is 28.5 Å². The van der Waals surface area contributed by atoms with Crippen LogP contribution in [0.15, 0.2) is 18.2 Å². The normalized spacial score (nSPS) is 12.8. The smallest absolute Gasteiger partial charge is 0.302 e. The Balaban J connectivity index is 2.77. The SMILES string of the molecule is CCCCCC(CC(CCc1ccc(OC)c(OC)c1)OC(C)=O)OC(C)=O. The zero-order chi connectivity index (χ0) is 20.9. The van der Waals surface area contributed by atoms with Crippen molar-refractivity contribution in [3.8, 4) is 11.5 Å². The van der Waals surface area contributed by atoms with Crippen LogP contribution in [0, 0.1) is 0 Å². The number of carbonyl (C=O) groups excluding carboxylic acids is 2. The van der Waals surface area contributed by atoms with Crippen molar-refractivity contribution in [1.29, 1.82) is 0 Å². The van der Waals surface area contributed by atoms with E-state index in [0.29, 0.717) is 30.8 Å². The fourth-order valence-electron chi connectivity index (χ4n) is 3.20. The van der Waals surface area contributed by atoms with Crippen molar-refractivity contribution in [2.24, 2.45) is 0 Å². The molecule has 0 N–H and O–H groups in total. The number of carbonyl (C=O) groups is 2. The minimum absolute atomic E-state index is 0.237. The van der Waals surface area contributed by atoms with E-state index >= 15 is 0 Å². The molecule has 2 atom stereocenters. The molecule has 2 unspecified atom stereocenters. The van der Waals surface area contributed by atoms with Crippen LogP contribution in [-0.2, 0) is 25.5 Å². The molecule has 0 saturated carbocycles. The molecule has 0 aliphatic rings. The quantitative estimate of drug-likeness (QED) is 0.363. The maximum Gasteiger partial charge on any atom is 0.302 e. The van der Waals surface area contributed by atoms with Gasteiger partial charge in [-0.2, -0.15) is 0 Å². The molecular weight excluding hydrogens is 360 g/mol. The average molecular weight is 395 g/mol. The number of esters is 2. The van der Waals surface area contributed by atoms with E-state index in [9.17, 15) is 9.59 Å². The lowest BCUT2D eigenvalue weighted by Gasteiger charge is -2.23. The standard InChI is InChI=1S/C22H34O6/c1-6-7-8-9-19(27-16(2)23)15-20(28-17(3)24)12-10-18-11-13-21(25-4)22(14-18)26-5/h11,13-14,19-20H,6-10,12,15H2,1-5H3. The third kappa shape index (κ3) is 9.11. The van der Waals surface area contributed by atoms with Gasteiger partial charge < -0.3 is 18.9 Å². The van der Waals surface area contributed by atoms with E-state index in [-0.39, 0.29) is 24.1 Å². The minimum Gasteiger partial charge on any atom is -0.493 e. The minimum atomic E-state index is -0.326. The molecule has 0 aliphatic carbocycles. The lowest BCUT2D eigenvalue weighted by Crippen LogP contribution is -2.27. The van der Waals surface area contributed by atoms with Gasteiger partial charge in [-0.15, -0.1) is 0 Å². The number of hydrogen-bond donors (Lipinski definition) is 0. The molecule has 0 aromatic heterocycles. The molecular formula is C22H34O6. The average Bonchev–Trinajstić information content (AvgIpc) is 2.65. The van der Waals surface area contributed by atoms with Crippen molar-refractivity contribution >= 4 is 11.9 Å². The molecule has 6 heteroatoms. The van der Waals surface area contributed by atoms with Crippen LogP contribution < -0.4 is 9.47 Å². The molecule has 0 spiro atoms. The molecule has 28 heavy (non-hydrogen) atoms. The van der Waals surface area contributed by atoms with Gasteiger partial charge in [-0.1, -0.05) is 25.8 Å². The highest BCUT2D eigenvalue weighted by atomic mass is 16.6. The first-order valence-electron chi connectivity index (χ1n) is 9.94. The van der Waals surface area contributed by atoms with Crippen LogP contribution in [-0.4, -0.2) is 38.4 Å². The van der Waals surface area contributed by atoms with Crippen LogP contribution in [0.4, 0.5) is 0 Å². The molecule has 6 nitrogen and oxygen atoms in total. The molecule has 0 amide bonds. The second-order valence-electron chi connectivity index (χ2n) is 6.92. The molecule has 0 fully saturated rings. The molecule has 0 bridgehead atoms. The molecule has 0 heterocycles. The van der Waals surface area contributed by atoms with E-state index in [1.54, 1.807) is 14.2 Å². The van der Waals surface area contributed by atoms with Crippen LogP contribution in [0.3, 0.4) is 0 Å². The number of ether oxygens (including phenoxy) is 4. The van der Waals surface area contributed by atoms with Crippen LogP contribution in [0.5, 0.6) is 11.5 Å². The summed E-state index contributed by atoms with van der Waals surface area (Å²) >= 11 is 0. The van der Waals surface area contributed by atoms with Crippen LogP contribution in [0.2, 0.25) is 0 Å². The first-order chi connectivity index (χ1) is 13.4. The zero-order valence-electron chi connectivity index (χ0n) is 17.8. The number of methoxy groups -OCH3 is 2. The monoisotopic (exact) mass is 394 g/mol. The molecule has 0 radical (unpaired) electrons. The Kier molecular flexibility index (Phi) is 11.1. The fourth-order valence-corrected chi connectivity index (χ4v) is 3.20. The Morgan fingerprint density at radius 2 is 1.50 bits per heavy atom. The van der Waals surface area contributed by atoms with Crippen LogP contribution in [0.1, 0.15) is 64.9 Å². The van der Waals surface area contributed by atoms with Gasteiger partial charge in [-0.05, 0) is 43.4 Å². The van der Waals surface area contributed by atoms with Gasteiger partial charge >= 0.3 is 11.9 Å². The first-order valence-corrected chi connectivity index (χ1v) is 9.94. The van der Waals surface area contributed by atoms with E-state index in [1.165, 1.54) is 13.8 Å². The second-order valence-corrected chi connectivity index (χ2v) is 6.92. The lowest BCUT2D eigenvalue weighted by molar-refractivity contribution is -0.153. The topological polar surface area (TPSA) is 71.1 Å². The molecule has 1 aromatic carbocycles. The van der Waals surface area contributed by atoms with E-state index in [2.05, 4.69) is 6.92 Å². The van der Waals surface area contributed by atoms with Gasteiger partial charge in [0.15, 0.2) is 11.5 Å². The van der Waals surface area contributed by atoms with Crippen molar-refractivity contribution in [2.45, 2.75) is 77.9 Å². The van der Waals surface area contributed by atoms with E-state index in [1.807, 2.05) is 18.2 Å². The maximum atomic E-state index is 11.5. The van der Waals surface area contributed by atoms with Gasteiger partial charge in [0.25, 0.3) is 0 Å². The zero-order valence-corrected chi connectivity index (χ0v) is 17.8. The van der Waals surface area contributed by atoms with Gasteiger partial charge in [0.1, 0.15) is 12.2 Å². The van der Waals surface area contributed by atoms with E-state index in [0.717, 1.165) is 31.2 Å². The highest BCUT2D eigenvalue weighted by Crippen LogP contribution is 2.28. The summed E-state index contributed by atoms with van der Waals surface area (Å²) in [5.41, 5.74) is 1.06. The highest BCUT2D eigenvalue weighted by Gasteiger charge is 2.21. The lowest BCUT2D eigenvalue weighted by atomic mass is 9.99. The summed E-state index contributed by atoms with van der Waals surface area (Å²) in [5.74, 6) is 0.713. The predicted molar refractivity (Wildman–Crippen MR) is 108 cm³/mol. The molecule has 1 rings (SSSR count). The van der Waals surface area contributed by atoms with Crippen molar-refractivity contribution in [2.75, 3.05) is 14.2 Å². The van der Waals surface area contributed by atoms with Gasteiger partial charge in [0, 0.05) is 20.3 Å². The summed E-state index contributed by atoms with van der Waals surface area (Å²) in [6, 6.07) is 5.76. The third-order valence-corrected chi connectivity index (χ3v) is 4.52. The molecule has 0 aliphatic heterocycles. The fraction of sp³-hybridized carbons (Fsp3) is 0.636. The Morgan fingerprint density at radius 3 is 2.04 bits per heavy atom. The summed E-state index contributed by atoms with van der Waals surface area (Å²) < 4.78 is 21.6. The van der Waals surface area contributed by atoms with Crippen LogP contribution >= 0.6 is 0 Å². The largest absolute Gasteiger partial charge is 0.493 e. The number of benzene rings is 1. The maximum absolute atomic E-state index is 11.5. The number of hydrogen-bond acceptors (Lipinski definition) is 6. The Morgan fingerprint density at radius 1 is 0.893 bits per heavy atom. The number of unbranched alkanes of at least 4 members (excludes halogenated alkanes) is 2. The van der Waals surface area contributed by atoms with Gasteiger partial charge in [-0.25, -0.2) is 0 Å². The molecule has 1 aromatic rings. The van der Waals surface area contributed by atoms with Gasteiger partial charge in [0.05, 0.1) is 14.2 Å². The summed E-state index contributed by atoms with van der Waals surface area (Å²) in [4.78, 5) is 23.0. The van der Waals surface area contributed by atoms with Crippen molar-refractivity contribution in [3.63, 3.8) is 0 Å². The van der Waals surface area contributed by atoms with E-state index < -0.39 is 0 Å². The number of aryl methyl sites for hydroxylation is 1. The second kappa shape index (κ2) is 13.0. The Labute approximate surface area is 168 Å².